The van der Waals surface area contributed by atoms with Crippen molar-refractivity contribution < 1.29 is 0 Å². The molecule has 0 N–H and O–H groups in total. The molecule has 82 valence electrons. The fourth-order valence-corrected chi connectivity index (χ4v) is 2.70. The fourth-order valence-electron chi connectivity index (χ4n) is 2.70. The number of nitrogens with zero attached hydrogens (tertiary/aromatic N) is 2. The van der Waals surface area contributed by atoms with Gasteiger partial charge in [-0.2, -0.15) is 0 Å². The minimum absolute atomic E-state index is 0.347. The maximum absolute atomic E-state index is 4.53. The van der Waals surface area contributed by atoms with Gasteiger partial charge in [-0.25, -0.2) is 4.98 Å². The summed E-state index contributed by atoms with van der Waals surface area (Å²) >= 11 is 0. The number of hydrogen-bond acceptors (Lipinski definition) is 2. The molecule has 1 aromatic rings. The summed E-state index contributed by atoms with van der Waals surface area (Å²) in [5.41, 5.74) is 1.80. The minimum atomic E-state index is 0.347. The molecule has 0 bridgehead atoms. The molecule has 0 radical (unpaired) electrons. The predicted octanol–water partition coefficient (Wildman–Crippen LogP) is 2.98. The van der Waals surface area contributed by atoms with Crippen LogP contribution >= 0.6 is 0 Å². The summed E-state index contributed by atoms with van der Waals surface area (Å²) in [7, 11) is 0. The van der Waals surface area contributed by atoms with E-state index < -0.39 is 0 Å². The zero-order valence-electron chi connectivity index (χ0n) is 9.95. The second-order valence-electron chi connectivity index (χ2n) is 4.38. The molecule has 0 fully saturated rings. The lowest BCUT2D eigenvalue weighted by Crippen LogP contribution is -2.32. The van der Waals surface area contributed by atoms with Crippen molar-refractivity contribution in [1.82, 2.24) is 4.98 Å². The Morgan fingerprint density at radius 1 is 1.33 bits per heavy atom. The third-order valence-electron chi connectivity index (χ3n) is 3.89. The molecule has 2 heterocycles. The SMILES string of the molecule is CCN1CC(CC)(CC)c2cccnc21. The molecule has 0 unspecified atom stereocenters. The van der Waals surface area contributed by atoms with Gasteiger partial charge in [-0.05, 0) is 25.8 Å². The van der Waals surface area contributed by atoms with Crippen molar-refractivity contribution in [3.8, 4) is 0 Å². The van der Waals surface area contributed by atoms with Crippen molar-refractivity contribution in [1.29, 1.82) is 0 Å². The number of fused-ring (bicyclic) bond motifs is 1. The van der Waals surface area contributed by atoms with E-state index in [-0.39, 0.29) is 0 Å². The number of aromatic nitrogens is 1. The monoisotopic (exact) mass is 204 g/mol. The van der Waals surface area contributed by atoms with Crippen molar-refractivity contribution in [3.05, 3.63) is 23.9 Å². The van der Waals surface area contributed by atoms with E-state index in [4.69, 9.17) is 0 Å². The van der Waals surface area contributed by atoms with Gasteiger partial charge in [0.05, 0.1) is 0 Å². The van der Waals surface area contributed by atoms with Gasteiger partial charge in [0.15, 0.2) is 0 Å². The molecule has 1 aliphatic rings. The van der Waals surface area contributed by atoms with Crippen LogP contribution in [0.3, 0.4) is 0 Å². The van der Waals surface area contributed by atoms with Gasteiger partial charge in [0, 0.05) is 30.3 Å². The van der Waals surface area contributed by atoms with Crippen LogP contribution in [0.4, 0.5) is 5.82 Å². The first kappa shape index (κ1) is 10.5. The molecule has 2 heteroatoms. The third kappa shape index (κ3) is 1.43. The Kier molecular flexibility index (Phi) is 2.68. The Balaban J connectivity index is 2.49. The standard InChI is InChI=1S/C13H20N2/c1-4-13(5-2)10-15(6-3)12-11(13)8-7-9-14-12/h7-9H,4-6,10H2,1-3H3. The first-order valence-corrected chi connectivity index (χ1v) is 5.98. The van der Waals surface area contributed by atoms with E-state index in [0.29, 0.717) is 5.41 Å². The number of pyridine rings is 1. The molecule has 2 rings (SSSR count). The molecular weight excluding hydrogens is 184 g/mol. The molecule has 0 saturated carbocycles. The Hall–Kier alpha value is -1.05. The van der Waals surface area contributed by atoms with E-state index in [1.54, 1.807) is 0 Å². The van der Waals surface area contributed by atoms with Crippen LogP contribution in [-0.4, -0.2) is 18.1 Å². The zero-order valence-corrected chi connectivity index (χ0v) is 9.95. The van der Waals surface area contributed by atoms with Gasteiger partial charge in [0.1, 0.15) is 5.82 Å². The third-order valence-corrected chi connectivity index (χ3v) is 3.89. The molecule has 0 saturated heterocycles. The molecular formula is C13H20N2. The van der Waals surface area contributed by atoms with Crippen LogP contribution in [0.15, 0.2) is 18.3 Å². The summed E-state index contributed by atoms with van der Waals surface area (Å²) in [5, 5.41) is 0. The summed E-state index contributed by atoms with van der Waals surface area (Å²) in [4.78, 5) is 6.93. The van der Waals surface area contributed by atoms with Crippen molar-refractivity contribution in [2.24, 2.45) is 0 Å². The second-order valence-corrected chi connectivity index (χ2v) is 4.38. The normalized spacial score (nSPS) is 17.9. The van der Waals surface area contributed by atoms with Gasteiger partial charge in [-0.15, -0.1) is 0 Å². The molecule has 1 aliphatic heterocycles. The maximum Gasteiger partial charge on any atom is 0.132 e. The van der Waals surface area contributed by atoms with E-state index in [0.717, 1.165) is 13.1 Å². The van der Waals surface area contributed by atoms with Gasteiger partial charge in [0.2, 0.25) is 0 Å². The summed E-state index contributed by atoms with van der Waals surface area (Å²) in [6, 6.07) is 4.32. The first-order valence-electron chi connectivity index (χ1n) is 5.98. The molecule has 0 atom stereocenters. The second kappa shape index (κ2) is 3.84. The van der Waals surface area contributed by atoms with E-state index >= 15 is 0 Å². The quantitative estimate of drug-likeness (QED) is 0.752. The number of anilines is 1. The van der Waals surface area contributed by atoms with Gasteiger partial charge < -0.3 is 4.90 Å². The van der Waals surface area contributed by atoms with Crippen LogP contribution in [0, 0.1) is 0 Å². The summed E-state index contributed by atoms with van der Waals surface area (Å²) in [5.74, 6) is 1.21. The van der Waals surface area contributed by atoms with E-state index in [9.17, 15) is 0 Å². The van der Waals surface area contributed by atoms with Crippen LogP contribution in [0.1, 0.15) is 39.2 Å². The Bertz CT molecular complexity index is 342. The number of hydrogen-bond donors (Lipinski definition) is 0. The van der Waals surface area contributed by atoms with E-state index in [1.165, 1.54) is 24.2 Å². The Morgan fingerprint density at radius 3 is 2.67 bits per heavy atom. The maximum atomic E-state index is 4.53. The summed E-state index contributed by atoms with van der Waals surface area (Å²) in [6.07, 6.45) is 4.32. The highest BCUT2D eigenvalue weighted by molar-refractivity contribution is 5.57. The van der Waals surface area contributed by atoms with Gasteiger partial charge in [0.25, 0.3) is 0 Å². The van der Waals surface area contributed by atoms with Crippen molar-refractivity contribution >= 4 is 5.82 Å². The topological polar surface area (TPSA) is 16.1 Å². The Morgan fingerprint density at radius 2 is 2.07 bits per heavy atom. The molecule has 15 heavy (non-hydrogen) atoms. The molecule has 2 nitrogen and oxygen atoms in total. The highest BCUT2D eigenvalue weighted by Crippen LogP contribution is 2.43. The smallest absolute Gasteiger partial charge is 0.132 e. The molecule has 0 aliphatic carbocycles. The lowest BCUT2D eigenvalue weighted by Gasteiger charge is -2.27. The largest absolute Gasteiger partial charge is 0.356 e. The van der Waals surface area contributed by atoms with Crippen LogP contribution in [0.5, 0.6) is 0 Å². The summed E-state index contributed by atoms with van der Waals surface area (Å²) < 4.78 is 0. The average Bonchev–Trinajstić information content (AvgIpc) is 2.64. The van der Waals surface area contributed by atoms with Crippen molar-refractivity contribution in [3.63, 3.8) is 0 Å². The number of likely N-dealkylation sites (N-methyl/N-ethyl adjacent to an activating group) is 1. The van der Waals surface area contributed by atoms with Crippen molar-refractivity contribution in [2.45, 2.75) is 39.0 Å². The van der Waals surface area contributed by atoms with Crippen LogP contribution in [0.2, 0.25) is 0 Å². The van der Waals surface area contributed by atoms with Crippen LogP contribution in [-0.2, 0) is 5.41 Å². The lowest BCUT2D eigenvalue weighted by molar-refractivity contribution is 0.421. The van der Waals surface area contributed by atoms with Gasteiger partial charge in [-0.3, -0.25) is 0 Å². The van der Waals surface area contributed by atoms with E-state index in [1.807, 2.05) is 6.20 Å². The Labute approximate surface area is 92.3 Å². The van der Waals surface area contributed by atoms with Gasteiger partial charge >= 0.3 is 0 Å². The molecule has 0 spiro atoms. The zero-order chi connectivity index (χ0) is 10.9. The highest BCUT2D eigenvalue weighted by Gasteiger charge is 2.39. The van der Waals surface area contributed by atoms with Crippen molar-refractivity contribution in [2.75, 3.05) is 18.0 Å². The van der Waals surface area contributed by atoms with Gasteiger partial charge in [-0.1, -0.05) is 19.9 Å². The highest BCUT2D eigenvalue weighted by atomic mass is 15.2. The first-order chi connectivity index (χ1) is 7.27. The number of rotatable bonds is 3. The minimum Gasteiger partial charge on any atom is -0.356 e. The van der Waals surface area contributed by atoms with Crippen LogP contribution < -0.4 is 4.90 Å². The van der Waals surface area contributed by atoms with E-state index in [2.05, 4.69) is 42.8 Å². The lowest BCUT2D eigenvalue weighted by atomic mass is 9.78. The summed E-state index contributed by atoms with van der Waals surface area (Å²) in [6.45, 7) is 8.99. The fraction of sp³-hybridized carbons (Fsp3) is 0.615. The van der Waals surface area contributed by atoms with Crippen LogP contribution in [0.25, 0.3) is 0 Å². The molecule has 1 aromatic heterocycles. The molecule has 0 aromatic carbocycles. The predicted molar refractivity (Wildman–Crippen MR) is 64.4 cm³/mol. The average molecular weight is 204 g/mol. The molecule has 0 amide bonds.